The molecule has 2 saturated carbocycles. The highest BCUT2D eigenvalue weighted by molar-refractivity contribution is 5.92. The maximum Gasteiger partial charge on any atom is 0.238 e. The summed E-state index contributed by atoms with van der Waals surface area (Å²) in [7, 11) is 0. The second-order valence-electron chi connectivity index (χ2n) is 6.54. The normalized spacial score (nSPS) is 28.6. The third kappa shape index (κ3) is 3.26. The zero-order valence-corrected chi connectivity index (χ0v) is 12.4. The van der Waals surface area contributed by atoms with Crippen molar-refractivity contribution in [3.05, 3.63) is 30.1 Å². The topological polar surface area (TPSA) is 41.1 Å². The van der Waals surface area contributed by atoms with Crippen LogP contribution in [0.2, 0.25) is 0 Å². The van der Waals surface area contributed by atoms with Gasteiger partial charge in [-0.15, -0.1) is 0 Å². The van der Waals surface area contributed by atoms with Crippen LogP contribution in [-0.4, -0.2) is 18.5 Å². The van der Waals surface area contributed by atoms with Crippen molar-refractivity contribution in [3.8, 4) is 0 Å². The summed E-state index contributed by atoms with van der Waals surface area (Å²) >= 11 is 0. The average molecular weight is 290 g/mol. The molecule has 0 radical (unpaired) electrons. The van der Waals surface area contributed by atoms with Crippen LogP contribution in [0.4, 0.5) is 10.1 Å². The van der Waals surface area contributed by atoms with Gasteiger partial charge >= 0.3 is 0 Å². The predicted octanol–water partition coefficient (Wildman–Crippen LogP) is 3.18. The van der Waals surface area contributed by atoms with Gasteiger partial charge in [-0.05, 0) is 56.1 Å². The Morgan fingerprint density at radius 2 is 2.14 bits per heavy atom. The van der Waals surface area contributed by atoms with E-state index in [1.165, 1.54) is 31.7 Å². The number of amides is 1. The summed E-state index contributed by atoms with van der Waals surface area (Å²) in [5.41, 5.74) is 0.247. The molecule has 0 saturated heterocycles. The maximum absolute atomic E-state index is 13.5. The highest BCUT2D eigenvalue weighted by Gasteiger charge is 2.41. The lowest BCUT2D eigenvalue weighted by Crippen LogP contribution is -2.40. The number of nitrogens with one attached hydrogen (secondary N) is 2. The summed E-state index contributed by atoms with van der Waals surface area (Å²) < 4.78 is 13.5. The molecule has 2 bridgehead atoms. The molecule has 114 valence electrons. The van der Waals surface area contributed by atoms with E-state index in [2.05, 4.69) is 17.6 Å². The van der Waals surface area contributed by atoms with Gasteiger partial charge in [0, 0.05) is 6.04 Å². The van der Waals surface area contributed by atoms with Gasteiger partial charge in [0.15, 0.2) is 0 Å². The van der Waals surface area contributed by atoms with Crippen molar-refractivity contribution in [3.63, 3.8) is 0 Å². The van der Waals surface area contributed by atoms with Gasteiger partial charge in [-0.2, -0.15) is 0 Å². The molecule has 0 aromatic heterocycles. The maximum atomic E-state index is 13.5. The van der Waals surface area contributed by atoms with E-state index in [0.29, 0.717) is 12.0 Å². The molecule has 2 N–H and O–H groups in total. The van der Waals surface area contributed by atoms with Crippen LogP contribution in [-0.2, 0) is 4.79 Å². The Hall–Kier alpha value is -1.42. The molecule has 2 aliphatic carbocycles. The van der Waals surface area contributed by atoms with E-state index in [-0.39, 0.29) is 18.1 Å². The second-order valence-corrected chi connectivity index (χ2v) is 6.54. The number of fused-ring (bicyclic) bond motifs is 2. The number of anilines is 1. The van der Waals surface area contributed by atoms with Crippen LogP contribution in [0.25, 0.3) is 0 Å². The number of hydrogen-bond acceptors (Lipinski definition) is 2. The Kier molecular flexibility index (Phi) is 4.24. The first-order valence-corrected chi connectivity index (χ1v) is 7.91. The van der Waals surface area contributed by atoms with Crippen LogP contribution in [0, 0.1) is 23.6 Å². The molecule has 4 unspecified atom stereocenters. The fraction of sp³-hybridized carbons (Fsp3) is 0.588. The van der Waals surface area contributed by atoms with Crippen molar-refractivity contribution in [1.29, 1.82) is 0 Å². The number of rotatable bonds is 5. The lowest BCUT2D eigenvalue weighted by atomic mass is 9.84. The number of para-hydroxylation sites is 1. The minimum absolute atomic E-state index is 0.185. The van der Waals surface area contributed by atoms with Crippen LogP contribution in [0.15, 0.2) is 24.3 Å². The van der Waals surface area contributed by atoms with E-state index >= 15 is 0 Å². The van der Waals surface area contributed by atoms with Gasteiger partial charge in [-0.25, -0.2) is 4.39 Å². The molecule has 0 spiro atoms. The number of benzene rings is 1. The Bertz CT molecular complexity index is 519. The molecule has 0 aliphatic heterocycles. The molecule has 2 fully saturated rings. The molecule has 1 aromatic carbocycles. The molecule has 21 heavy (non-hydrogen) atoms. The monoisotopic (exact) mass is 290 g/mol. The Balaban J connectivity index is 1.46. The van der Waals surface area contributed by atoms with E-state index in [1.807, 2.05) is 0 Å². The van der Waals surface area contributed by atoms with Crippen molar-refractivity contribution in [2.45, 2.75) is 38.6 Å². The Labute approximate surface area is 125 Å². The first-order chi connectivity index (χ1) is 10.1. The lowest BCUT2D eigenvalue weighted by Gasteiger charge is -2.28. The summed E-state index contributed by atoms with van der Waals surface area (Å²) in [4.78, 5) is 11.9. The molecular formula is C17H23FN2O. The van der Waals surface area contributed by atoms with Crippen molar-refractivity contribution in [2.24, 2.45) is 17.8 Å². The van der Waals surface area contributed by atoms with Crippen molar-refractivity contribution < 1.29 is 9.18 Å². The lowest BCUT2D eigenvalue weighted by molar-refractivity contribution is -0.115. The van der Waals surface area contributed by atoms with Crippen LogP contribution in [0.5, 0.6) is 0 Å². The largest absolute Gasteiger partial charge is 0.322 e. The fourth-order valence-corrected chi connectivity index (χ4v) is 4.07. The van der Waals surface area contributed by atoms with Crippen LogP contribution < -0.4 is 10.6 Å². The molecule has 4 atom stereocenters. The van der Waals surface area contributed by atoms with Gasteiger partial charge in [-0.3, -0.25) is 4.79 Å². The van der Waals surface area contributed by atoms with Crippen LogP contribution in [0.3, 0.4) is 0 Å². The van der Waals surface area contributed by atoms with E-state index in [9.17, 15) is 9.18 Å². The molecule has 2 aliphatic rings. The van der Waals surface area contributed by atoms with Crippen LogP contribution in [0.1, 0.15) is 32.6 Å². The summed E-state index contributed by atoms with van der Waals surface area (Å²) in [5.74, 6) is 1.87. The minimum atomic E-state index is -0.396. The van der Waals surface area contributed by atoms with Crippen LogP contribution >= 0.6 is 0 Å². The van der Waals surface area contributed by atoms with Gasteiger partial charge in [0.25, 0.3) is 0 Å². The van der Waals surface area contributed by atoms with E-state index in [0.717, 1.165) is 11.8 Å². The Morgan fingerprint density at radius 3 is 2.81 bits per heavy atom. The van der Waals surface area contributed by atoms with Crippen molar-refractivity contribution >= 4 is 11.6 Å². The highest BCUT2D eigenvalue weighted by Crippen LogP contribution is 2.49. The van der Waals surface area contributed by atoms with Gasteiger partial charge in [0.05, 0.1) is 12.2 Å². The van der Waals surface area contributed by atoms with E-state index in [4.69, 9.17) is 0 Å². The SMILES string of the molecule is CC(NCC(=O)Nc1ccccc1F)C1CC2CCC1C2. The minimum Gasteiger partial charge on any atom is -0.322 e. The van der Waals surface area contributed by atoms with Crippen molar-refractivity contribution in [1.82, 2.24) is 5.32 Å². The smallest absolute Gasteiger partial charge is 0.238 e. The second kappa shape index (κ2) is 6.14. The van der Waals surface area contributed by atoms with Gasteiger partial charge in [0.1, 0.15) is 5.82 Å². The zero-order valence-electron chi connectivity index (χ0n) is 12.4. The van der Waals surface area contributed by atoms with Gasteiger partial charge in [-0.1, -0.05) is 18.6 Å². The third-order valence-corrected chi connectivity index (χ3v) is 5.17. The van der Waals surface area contributed by atoms with E-state index in [1.54, 1.807) is 18.2 Å². The van der Waals surface area contributed by atoms with Gasteiger partial charge < -0.3 is 10.6 Å². The van der Waals surface area contributed by atoms with E-state index < -0.39 is 5.82 Å². The zero-order chi connectivity index (χ0) is 14.8. The van der Waals surface area contributed by atoms with Crippen molar-refractivity contribution in [2.75, 3.05) is 11.9 Å². The number of halogens is 1. The molecule has 4 heteroatoms. The van der Waals surface area contributed by atoms with Gasteiger partial charge in [0.2, 0.25) is 5.91 Å². The third-order valence-electron chi connectivity index (χ3n) is 5.17. The summed E-state index contributed by atoms with van der Waals surface area (Å²) in [6.07, 6.45) is 5.41. The molecule has 0 heterocycles. The summed E-state index contributed by atoms with van der Waals surface area (Å²) in [6.45, 7) is 2.41. The number of carbonyl (C=O) groups is 1. The summed E-state index contributed by atoms with van der Waals surface area (Å²) in [5, 5.41) is 5.93. The average Bonchev–Trinajstić information content (AvgIpc) is 3.10. The molecule has 3 nitrogen and oxygen atoms in total. The Morgan fingerprint density at radius 1 is 1.33 bits per heavy atom. The number of carbonyl (C=O) groups excluding carboxylic acids is 1. The molecule has 1 aromatic rings. The quantitative estimate of drug-likeness (QED) is 0.874. The standard InChI is InChI=1S/C17H23FN2O/c1-11(14-9-12-6-7-13(14)8-12)19-10-17(21)20-16-5-3-2-4-15(16)18/h2-5,11-14,19H,6-10H2,1H3,(H,20,21). The first-order valence-electron chi connectivity index (χ1n) is 7.91. The summed E-state index contributed by atoms with van der Waals surface area (Å²) in [6, 6.07) is 6.60. The molecule has 1 amide bonds. The number of hydrogen-bond donors (Lipinski definition) is 2. The molecular weight excluding hydrogens is 267 g/mol. The molecule has 3 rings (SSSR count). The first kappa shape index (κ1) is 14.5. The fourth-order valence-electron chi connectivity index (χ4n) is 4.07. The predicted molar refractivity (Wildman–Crippen MR) is 81.4 cm³/mol. The highest BCUT2D eigenvalue weighted by atomic mass is 19.1.